The molecule has 2 aromatic rings. The fourth-order valence-corrected chi connectivity index (χ4v) is 4.10. The molecule has 0 aliphatic carbocycles. The van der Waals surface area contributed by atoms with Gasteiger partial charge in [-0.25, -0.2) is 4.79 Å². The zero-order chi connectivity index (χ0) is 23.3. The minimum atomic E-state index is -0.796. The summed E-state index contributed by atoms with van der Waals surface area (Å²) in [5.74, 6) is -1.27. The second-order valence-corrected chi connectivity index (χ2v) is 8.22. The van der Waals surface area contributed by atoms with Crippen LogP contribution in [0.3, 0.4) is 0 Å². The Balaban J connectivity index is 1.77. The van der Waals surface area contributed by atoms with E-state index in [9.17, 15) is 14.4 Å². The molecule has 170 valence electrons. The standard InChI is InChI=1S/C22H24Cl2N4O4/c1-26-20(30)11-32-22(31)18-9-17(21-15(24)7-14(23)8-16(21)27-18)28-19(29)6-12-2-4-13(10-25)5-3-12/h2-5,7-8,17-18,27H,6,9-11,25H2,1H3,(H,26,30)(H,28,29)/t17-,18+/m0/s1. The van der Waals surface area contributed by atoms with Crippen molar-refractivity contribution in [2.24, 2.45) is 5.73 Å². The highest BCUT2D eigenvalue weighted by atomic mass is 35.5. The number of fused-ring (bicyclic) bond motifs is 1. The molecule has 1 aliphatic heterocycles. The van der Waals surface area contributed by atoms with Crippen LogP contribution in [0.25, 0.3) is 0 Å². The Morgan fingerprint density at radius 3 is 2.47 bits per heavy atom. The Morgan fingerprint density at radius 1 is 1.12 bits per heavy atom. The number of rotatable bonds is 7. The van der Waals surface area contributed by atoms with Gasteiger partial charge in [0.15, 0.2) is 6.61 Å². The number of amides is 2. The van der Waals surface area contributed by atoms with Crippen LogP contribution in [-0.4, -0.2) is 37.5 Å². The molecule has 0 saturated carbocycles. The van der Waals surface area contributed by atoms with Gasteiger partial charge in [-0.15, -0.1) is 0 Å². The molecule has 5 N–H and O–H groups in total. The number of anilines is 1. The SMILES string of the molecule is CNC(=O)COC(=O)[C@H]1C[C@H](NC(=O)Cc2ccc(CN)cc2)c2c(Cl)cc(Cl)cc2N1. The van der Waals surface area contributed by atoms with Crippen LogP contribution >= 0.6 is 23.2 Å². The number of nitrogens with two attached hydrogens (primary N) is 1. The fourth-order valence-electron chi connectivity index (χ4n) is 3.48. The maximum absolute atomic E-state index is 12.8. The molecule has 1 heterocycles. The van der Waals surface area contributed by atoms with Gasteiger partial charge in [-0.1, -0.05) is 47.5 Å². The van der Waals surface area contributed by atoms with Gasteiger partial charge in [0.25, 0.3) is 5.91 Å². The summed E-state index contributed by atoms with van der Waals surface area (Å²) >= 11 is 12.5. The monoisotopic (exact) mass is 478 g/mol. The molecular weight excluding hydrogens is 455 g/mol. The number of benzene rings is 2. The molecule has 0 unspecified atom stereocenters. The number of ether oxygens (including phenoxy) is 1. The smallest absolute Gasteiger partial charge is 0.329 e. The normalized spacial score (nSPS) is 17.0. The third-order valence-electron chi connectivity index (χ3n) is 5.11. The van der Waals surface area contributed by atoms with Gasteiger partial charge in [-0.05, 0) is 23.3 Å². The van der Waals surface area contributed by atoms with Gasteiger partial charge < -0.3 is 26.4 Å². The van der Waals surface area contributed by atoms with E-state index in [4.69, 9.17) is 33.7 Å². The lowest BCUT2D eigenvalue weighted by molar-refractivity contribution is -0.149. The molecule has 10 heteroatoms. The summed E-state index contributed by atoms with van der Waals surface area (Å²) in [6.07, 6.45) is 0.347. The second-order valence-electron chi connectivity index (χ2n) is 7.38. The second kappa shape index (κ2) is 10.7. The third-order valence-corrected chi connectivity index (χ3v) is 5.64. The fraction of sp³-hybridized carbons (Fsp3) is 0.318. The van der Waals surface area contributed by atoms with E-state index in [0.29, 0.717) is 27.8 Å². The number of halogens is 2. The first-order valence-corrected chi connectivity index (χ1v) is 10.8. The van der Waals surface area contributed by atoms with E-state index in [1.54, 1.807) is 12.1 Å². The van der Waals surface area contributed by atoms with Crippen LogP contribution in [0.4, 0.5) is 5.69 Å². The number of likely N-dealkylation sites (N-methyl/N-ethyl adjacent to an activating group) is 1. The summed E-state index contributed by atoms with van der Waals surface area (Å²) < 4.78 is 5.08. The number of esters is 1. The van der Waals surface area contributed by atoms with Crippen LogP contribution < -0.4 is 21.7 Å². The molecule has 32 heavy (non-hydrogen) atoms. The lowest BCUT2D eigenvalue weighted by Crippen LogP contribution is -2.43. The highest BCUT2D eigenvalue weighted by Crippen LogP contribution is 2.40. The van der Waals surface area contributed by atoms with Crippen LogP contribution in [0.2, 0.25) is 10.0 Å². The average molecular weight is 479 g/mol. The maximum Gasteiger partial charge on any atom is 0.329 e. The molecule has 3 rings (SSSR count). The Bertz CT molecular complexity index is 1010. The summed E-state index contributed by atoms with van der Waals surface area (Å²) in [4.78, 5) is 36.7. The molecule has 2 aromatic carbocycles. The Kier molecular flexibility index (Phi) is 7.95. The first kappa shape index (κ1) is 23.8. The quantitative estimate of drug-likeness (QED) is 0.453. The first-order valence-electron chi connectivity index (χ1n) is 10.0. The van der Waals surface area contributed by atoms with Crippen LogP contribution in [0.15, 0.2) is 36.4 Å². The van der Waals surface area contributed by atoms with Gasteiger partial charge in [0, 0.05) is 41.3 Å². The van der Waals surface area contributed by atoms with Crippen molar-refractivity contribution in [2.45, 2.75) is 31.5 Å². The van der Waals surface area contributed by atoms with Gasteiger partial charge in [0.1, 0.15) is 6.04 Å². The summed E-state index contributed by atoms with van der Waals surface area (Å²) in [7, 11) is 1.45. The topological polar surface area (TPSA) is 123 Å². The van der Waals surface area contributed by atoms with Crippen molar-refractivity contribution >= 4 is 46.7 Å². The number of carbonyl (C=O) groups is 3. The summed E-state index contributed by atoms with van der Waals surface area (Å²) in [5.41, 5.74) is 8.58. The van der Waals surface area contributed by atoms with E-state index >= 15 is 0 Å². The van der Waals surface area contributed by atoms with Gasteiger partial charge in [0.2, 0.25) is 5.91 Å². The van der Waals surface area contributed by atoms with E-state index < -0.39 is 30.6 Å². The van der Waals surface area contributed by atoms with Gasteiger partial charge >= 0.3 is 5.97 Å². The molecule has 8 nitrogen and oxygen atoms in total. The zero-order valence-corrected chi connectivity index (χ0v) is 18.9. The molecule has 0 bridgehead atoms. The first-order chi connectivity index (χ1) is 15.3. The molecule has 0 aromatic heterocycles. The molecular formula is C22H24Cl2N4O4. The number of nitrogens with one attached hydrogen (secondary N) is 3. The van der Waals surface area contributed by atoms with Gasteiger partial charge in [-0.3, -0.25) is 9.59 Å². The molecule has 0 spiro atoms. The predicted octanol–water partition coefficient (Wildman–Crippen LogP) is 2.33. The van der Waals surface area contributed by atoms with Gasteiger partial charge in [0.05, 0.1) is 12.5 Å². The van der Waals surface area contributed by atoms with Crippen LogP contribution in [-0.2, 0) is 32.1 Å². The Morgan fingerprint density at radius 2 is 1.81 bits per heavy atom. The van der Waals surface area contributed by atoms with E-state index in [0.717, 1.165) is 11.1 Å². The third kappa shape index (κ3) is 5.91. The van der Waals surface area contributed by atoms with Crippen molar-refractivity contribution in [3.63, 3.8) is 0 Å². The summed E-state index contributed by atoms with van der Waals surface area (Å²) in [6, 6.07) is 9.32. The minimum absolute atomic E-state index is 0.154. The van der Waals surface area contributed by atoms with Crippen LogP contribution in [0.5, 0.6) is 0 Å². The summed E-state index contributed by atoms with van der Waals surface area (Å²) in [5, 5.41) is 9.14. The number of hydrogen-bond donors (Lipinski definition) is 4. The Hall–Kier alpha value is -2.81. The van der Waals surface area contributed by atoms with Crippen LogP contribution in [0, 0.1) is 0 Å². The van der Waals surface area contributed by atoms with Crippen molar-refractivity contribution in [3.05, 3.63) is 63.1 Å². The molecule has 2 atom stereocenters. The zero-order valence-electron chi connectivity index (χ0n) is 17.4. The highest BCUT2D eigenvalue weighted by Gasteiger charge is 2.34. The molecule has 0 fully saturated rings. The summed E-state index contributed by atoms with van der Waals surface area (Å²) in [6.45, 7) is 0.0310. The van der Waals surface area contributed by atoms with E-state index in [1.807, 2.05) is 24.3 Å². The predicted molar refractivity (Wildman–Crippen MR) is 122 cm³/mol. The van der Waals surface area contributed by atoms with Gasteiger partial charge in [-0.2, -0.15) is 0 Å². The lowest BCUT2D eigenvalue weighted by atomic mass is 9.92. The maximum atomic E-state index is 12.8. The minimum Gasteiger partial charge on any atom is -0.454 e. The van der Waals surface area contributed by atoms with Crippen molar-refractivity contribution in [1.82, 2.24) is 10.6 Å². The largest absolute Gasteiger partial charge is 0.454 e. The van der Waals surface area contributed by atoms with Crippen molar-refractivity contribution in [2.75, 3.05) is 19.0 Å². The number of carbonyl (C=O) groups excluding carboxylic acids is 3. The van der Waals surface area contributed by atoms with E-state index in [2.05, 4.69) is 16.0 Å². The molecule has 1 aliphatic rings. The number of hydrogen-bond acceptors (Lipinski definition) is 6. The van der Waals surface area contributed by atoms with Crippen molar-refractivity contribution in [1.29, 1.82) is 0 Å². The van der Waals surface area contributed by atoms with Crippen molar-refractivity contribution in [3.8, 4) is 0 Å². The highest BCUT2D eigenvalue weighted by molar-refractivity contribution is 6.35. The lowest BCUT2D eigenvalue weighted by Gasteiger charge is -2.33. The average Bonchev–Trinajstić information content (AvgIpc) is 2.76. The molecule has 0 radical (unpaired) electrons. The molecule has 0 saturated heterocycles. The van der Waals surface area contributed by atoms with E-state index in [-0.39, 0.29) is 18.7 Å². The molecule has 2 amide bonds. The van der Waals surface area contributed by atoms with E-state index in [1.165, 1.54) is 7.05 Å². The Labute approximate surface area is 195 Å². The van der Waals surface area contributed by atoms with Crippen LogP contribution in [0.1, 0.15) is 29.2 Å². The van der Waals surface area contributed by atoms with Crippen molar-refractivity contribution < 1.29 is 19.1 Å².